The Bertz CT molecular complexity index is 3510. The van der Waals surface area contributed by atoms with Crippen molar-refractivity contribution < 1.29 is 19.1 Å². The third kappa shape index (κ3) is 16.1. The van der Waals surface area contributed by atoms with Gasteiger partial charge < -0.3 is 30.3 Å². The van der Waals surface area contributed by atoms with Crippen molar-refractivity contribution in [3.63, 3.8) is 0 Å². The van der Waals surface area contributed by atoms with Gasteiger partial charge in [0.05, 0.1) is 51.8 Å². The molecular weight excluding hydrogens is 1040 g/mol. The van der Waals surface area contributed by atoms with Gasteiger partial charge in [0.2, 0.25) is 0 Å². The molecule has 9 aromatic rings. The molecule has 3 N–H and O–H groups in total. The van der Waals surface area contributed by atoms with Crippen LogP contribution in [-0.2, 0) is 22.3 Å². The zero-order chi connectivity index (χ0) is 56.9. The maximum atomic E-state index is 12.4. The van der Waals surface area contributed by atoms with Crippen LogP contribution in [0.3, 0.4) is 0 Å². The van der Waals surface area contributed by atoms with Gasteiger partial charge in [0.1, 0.15) is 16.4 Å². The summed E-state index contributed by atoms with van der Waals surface area (Å²) in [6.07, 6.45) is 24.4. The number of halogens is 1. The van der Waals surface area contributed by atoms with Gasteiger partial charge in [-0.05, 0) is 172 Å². The molecule has 0 saturated carbocycles. The number of ether oxygens (including phenoxy) is 2. The normalized spacial score (nSPS) is 17.5. The van der Waals surface area contributed by atoms with Gasteiger partial charge in [0.25, 0.3) is 0 Å². The van der Waals surface area contributed by atoms with E-state index in [4.69, 9.17) is 36.8 Å². The van der Waals surface area contributed by atoms with Crippen molar-refractivity contribution in [2.75, 3.05) is 39.3 Å². The Morgan fingerprint density at radius 1 is 0.580 bits per heavy atom. The van der Waals surface area contributed by atoms with Gasteiger partial charge in [0, 0.05) is 80.8 Å². The summed E-state index contributed by atoms with van der Waals surface area (Å²) in [5, 5.41) is 16.9. The molecule has 0 bridgehead atoms. The van der Waals surface area contributed by atoms with Crippen LogP contribution in [0.25, 0.3) is 50.7 Å². The first-order valence-electron chi connectivity index (χ1n) is 27.8. The van der Waals surface area contributed by atoms with E-state index in [1.165, 1.54) is 12.8 Å². The largest absolute Gasteiger partial charge is 0.444 e. The minimum atomic E-state index is -0.472. The second kappa shape index (κ2) is 26.6. The van der Waals surface area contributed by atoms with E-state index in [0.29, 0.717) is 41.7 Å². The lowest BCUT2D eigenvalue weighted by molar-refractivity contribution is 0.0163. The Morgan fingerprint density at radius 2 is 1.02 bits per heavy atom. The standard InChI is InChI=1S/C22H27N5O2.C17H19N5.C11H7ClN4.C10H20N2O2/c1-22(2,3)29-21(28)26-11-6-7-16(15-26)13-17-9-10-23-20(25-17)18-14-24-27-12-5-4-8-19(18)27;1-2-9-22-16(5-1)15(12-20-22)17-19-8-6-14(21-17)10-13-4-3-7-18-11-13;12-10-4-5-13-11(15-10)8-7-14-16-6-2-1-3-9(8)16;1-10(2,3)14-9(13)12-6-4-5-8(11)7-12/h4-5,8-10,12,14,16H,6-7,11,13,15H2,1-3H3;1-2,5-6,8-9,12-13,18H,3-4,7,10-11H2;1-7H;8H,4-7,11H2,1-3H3/t16-;13-;;8-/m00.1/s1. The number of carbonyl (C=O) groups is 2. The van der Waals surface area contributed by atoms with Crippen molar-refractivity contribution in [2.24, 2.45) is 17.6 Å². The van der Waals surface area contributed by atoms with Crippen LogP contribution in [-0.4, -0.2) is 137 Å². The number of fused-ring (bicyclic) bond motifs is 3. The highest BCUT2D eigenvalue weighted by Crippen LogP contribution is 2.27. The van der Waals surface area contributed by atoms with E-state index in [1.807, 2.05) is 153 Å². The monoisotopic (exact) mass is 1120 g/mol. The molecule has 2 amide bonds. The van der Waals surface area contributed by atoms with E-state index in [2.05, 4.69) is 40.5 Å². The van der Waals surface area contributed by atoms with Crippen LogP contribution in [0.5, 0.6) is 0 Å². The number of amides is 2. The molecule has 81 heavy (non-hydrogen) atoms. The number of pyridine rings is 3. The molecule has 0 unspecified atom stereocenters. The van der Waals surface area contributed by atoms with Gasteiger partial charge in [-0.25, -0.2) is 53.0 Å². The van der Waals surface area contributed by atoms with Gasteiger partial charge in [0.15, 0.2) is 17.5 Å². The number of nitrogens with zero attached hydrogens (tertiary/aromatic N) is 14. The molecule has 3 aliphatic heterocycles. The molecule has 21 heteroatoms. The van der Waals surface area contributed by atoms with E-state index in [-0.39, 0.29) is 18.2 Å². The van der Waals surface area contributed by atoms with Crippen LogP contribution in [0, 0.1) is 11.8 Å². The molecule has 20 nitrogen and oxygen atoms in total. The smallest absolute Gasteiger partial charge is 0.410 e. The molecule has 3 fully saturated rings. The third-order valence-corrected chi connectivity index (χ3v) is 13.9. The van der Waals surface area contributed by atoms with Crippen molar-refractivity contribution in [3.8, 4) is 34.2 Å². The number of aromatic nitrogens is 12. The Balaban J connectivity index is 0.000000136. The Labute approximate surface area is 477 Å². The number of piperidine rings is 3. The number of nitrogens with two attached hydrogens (primary N) is 1. The predicted octanol–water partition coefficient (Wildman–Crippen LogP) is 10.1. The quantitative estimate of drug-likeness (QED) is 0.142. The fraction of sp³-hybridized carbons (Fsp3) is 0.417. The maximum Gasteiger partial charge on any atom is 0.410 e. The van der Waals surface area contributed by atoms with Crippen molar-refractivity contribution in [2.45, 2.75) is 110 Å². The molecule has 0 radical (unpaired) electrons. The number of nitrogens with one attached hydrogen (secondary N) is 1. The third-order valence-electron chi connectivity index (χ3n) is 13.7. The maximum absolute atomic E-state index is 12.4. The molecular formula is C60H73ClN16O4. The first kappa shape index (κ1) is 57.7. The fourth-order valence-electron chi connectivity index (χ4n) is 9.98. The van der Waals surface area contributed by atoms with Gasteiger partial charge in [-0.15, -0.1) is 0 Å². The number of carbonyl (C=O) groups excluding carboxylic acids is 2. The van der Waals surface area contributed by atoms with Crippen molar-refractivity contribution in [3.05, 3.63) is 145 Å². The van der Waals surface area contributed by atoms with E-state index in [0.717, 1.165) is 115 Å². The molecule has 3 atom stereocenters. The summed E-state index contributed by atoms with van der Waals surface area (Å²) in [7, 11) is 0. The van der Waals surface area contributed by atoms with Gasteiger partial charge in [-0.3, -0.25) is 0 Å². The van der Waals surface area contributed by atoms with Crippen molar-refractivity contribution in [1.82, 2.24) is 73.9 Å². The van der Waals surface area contributed by atoms with Gasteiger partial charge >= 0.3 is 12.2 Å². The molecule has 3 saturated heterocycles. The predicted molar refractivity (Wildman–Crippen MR) is 312 cm³/mol. The van der Waals surface area contributed by atoms with E-state index in [9.17, 15) is 9.59 Å². The molecule has 0 aliphatic carbocycles. The zero-order valence-corrected chi connectivity index (χ0v) is 47.9. The lowest BCUT2D eigenvalue weighted by atomic mass is 9.93. The first-order chi connectivity index (χ1) is 39.0. The van der Waals surface area contributed by atoms with Gasteiger partial charge in [-0.2, -0.15) is 15.3 Å². The SMILES string of the molecule is CC(C)(C)OC(=O)N1CCC[C@@H](Cc2ccnc(-c3cnn4ccccc34)n2)C1.CC(C)(C)OC(=O)N1CCC[C@@H](N)C1.Clc1ccnc(-c2cnn3ccccc23)n1.c1ccn2ncc(-c3nccc(C[C@@H]4CCCNC4)n3)c2c1. The first-order valence-corrected chi connectivity index (χ1v) is 28.2. The highest BCUT2D eigenvalue weighted by molar-refractivity contribution is 6.29. The summed E-state index contributed by atoms with van der Waals surface area (Å²) < 4.78 is 16.3. The minimum Gasteiger partial charge on any atom is -0.444 e. The summed E-state index contributed by atoms with van der Waals surface area (Å²) >= 11 is 5.83. The van der Waals surface area contributed by atoms with Crippen LogP contribution in [0.1, 0.15) is 91.5 Å². The molecule has 0 spiro atoms. The Hall–Kier alpha value is -7.94. The van der Waals surface area contributed by atoms with Crippen molar-refractivity contribution in [1.29, 1.82) is 0 Å². The van der Waals surface area contributed by atoms with Crippen LogP contribution in [0.2, 0.25) is 5.15 Å². The van der Waals surface area contributed by atoms with E-state index < -0.39 is 11.2 Å². The lowest BCUT2D eigenvalue weighted by Crippen LogP contribution is -2.47. The van der Waals surface area contributed by atoms with E-state index in [1.54, 1.807) is 40.3 Å². The van der Waals surface area contributed by atoms with Crippen LogP contribution in [0.4, 0.5) is 9.59 Å². The molecule has 12 heterocycles. The fourth-order valence-corrected chi connectivity index (χ4v) is 10.1. The molecule has 0 aromatic carbocycles. The van der Waals surface area contributed by atoms with Crippen LogP contribution in [0.15, 0.2) is 129 Å². The second-order valence-corrected chi connectivity index (χ2v) is 23.0. The summed E-state index contributed by atoms with van der Waals surface area (Å²) in [6, 6.07) is 23.5. The molecule has 424 valence electrons. The number of hydrogen-bond acceptors (Lipinski definition) is 15. The summed E-state index contributed by atoms with van der Waals surface area (Å²) in [5.41, 5.74) is 12.8. The topological polar surface area (TPSA) is 226 Å². The summed E-state index contributed by atoms with van der Waals surface area (Å²) in [6.45, 7) is 16.4. The van der Waals surface area contributed by atoms with E-state index >= 15 is 0 Å². The van der Waals surface area contributed by atoms with Gasteiger partial charge in [-0.1, -0.05) is 29.8 Å². The number of likely N-dealkylation sites (tertiary alicyclic amines) is 2. The lowest BCUT2D eigenvalue weighted by Gasteiger charge is -2.34. The molecule has 12 rings (SSSR count). The minimum absolute atomic E-state index is 0.108. The van der Waals surface area contributed by atoms with Crippen LogP contribution >= 0.6 is 11.6 Å². The molecule has 3 aliphatic rings. The van der Waals surface area contributed by atoms with Crippen LogP contribution < -0.4 is 11.1 Å². The summed E-state index contributed by atoms with van der Waals surface area (Å²) in [4.78, 5) is 54.4. The molecule has 9 aromatic heterocycles. The highest BCUT2D eigenvalue weighted by atomic mass is 35.5. The zero-order valence-electron chi connectivity index (χ0n) is 47.1. The number of rotatable bonds is 7. The Kier molecular flexibility index (Phi) is 18.9. The number of hydrogen-bond donors (Lipinski definition) is 2. The average Bonchev–Trinajstić information content (AvgIpc) is 4.31. The average molecular weight is 1120 g/mol. The second-order valence-electron chi connectivity index (χ2n) is 22.6. The highest BCUT2D eigenvalue weighted by Gasteiger charge is 2.29. The Morgan fingerprint density at radius 3 is 1.48 bits per heavy atom. The van der Waals surface area contributed by atoms with Crippen molar-refractivity contribution >= 4 is 40.3 Å². The summed E-state index contributed by atoms with van der Waals surface area (Å²) in [5.74, 6) is 3.09.